The topological polar surface area (TPSA) is 35.7 Å². The predicted octanol–water partition coefficient (Wildman–Crippen LogP) is -0.0971. The Hall–Kier alpha value is -0.160. The molecule has 0 amide bonds. The molecule has 16 heavy (non-hydrogen) atoms. The first kappa shape index (κ1) is 13.9. The van der Waals surface area contributed by atoms with Crippen molar-refractivity contribution in [2.24, 2.45) is 5.73 Å². The zero-order valence-corrected chi connectivity index (χ0v) is 11.2. The monoisotopic (exact) mass is 228 g/mol. The van der Waals surface area contributed by atoms with Gasteiger partial charge in [-0.05, 0) is 34.0 Å². The third-order valence-electron chi connectivity index (χ3n) is 3.23. The van der Waals surface area contributed by atoms with E-state index in [-0.39, 0.29) is 0 Å². The second-order valence-corrected chi connectivity index (χ2v) is 5.25. The molecule has 1 atom stereocenters. The highest BCUT2D eigenvalue weighted by Gasteiger charge is 2.16. The van der Waals surface area contributed by atoms with E-state index in [1.165, 1.54) is 45.8 Å². The molecule has 1 aliphatic heterocycles. The normalized spacial score (nSPS) is 21.6. The van der Waals surface area contributed by atoms with Crippen LogP contribution < -0.4 is 5.73 Å². The van der Waals surface area contributed by atoms with E-state index < -0.39 is 0 Å². The first-order chi connectivity index (χ1) is 7.58. The van der Waals surface area contributed by atoms with Gasteiger partial charge in [-0.15, -0.1) is 0 Å². The van der Waals surface area contributed by atoms with Crippen LogP contribution in [0.3, 0.4) is 0 Å². The molecule has 0 bridgehead atoms. The molecule has 0 aliphatic carbocycles. The van der Waals surface area contributed by atoms with Gasteiger partial charge < -0.3 is 15.5 Å². The summed E-state index contributed by atoms with van der Waals surface area (Å²) in [6.07, 6.45) is 1.12. The lowest BCUT2D eigenvalue weighted by Gasteiger charge is -2.35. The molecule has 1 rings (SSSR count). The van der Waals surface area contributed by atoms with Crippen molar-refractivity contribution in [2.45, 2.75) is 19.4 Å². The number of hydrogen-bond donors (Lipinski definition) is 1. The summed E-state index contributed by atoms with van der Waals surface area (Å²) < 4.78 is 0. The second kappa shape index (κ2) is 7.22. The van der Waals surface area contributed by atoms with E-state index in [2.05, 4.69) is 35.7 Å². The summed E-state index contributed by atoms with van der Waals surface area (Å²) in [5.41, 5.74) is 5.78. The number of nitrogens with zero attached hydrogens (tertiary/aromatic N) is 3. The van der Waals surface area contributed by atoms with Gasteiger partial charge in [0, 0.05) is 45.3 Å². The molecule has 2 N–H and O–H groups in total. The van der Waals surface area contributed by atoms with E-state index in [0.717, 1.165) is 6.42 Å². The highest BCUT2D eigenvalue weighted by Crippen LogP contribution is 2.03. The van der Waals surface area contributed by atoms with Crippen LogP contribution in [0.1, 0.15) is 13.3 Å². The Balaban J connectivity index is 2.09. The van der Waals surface area contributed by atoms with Crippen LogP contribution in [0.2, 0.25) is 0 Å². The van der Waals surface area contributed by atoms with Crippen molar-refractivity contribution in [3.05, 3.63) is 0 Å². The quantitative estimate of drug-likeness (QED) is 0.689. The molecule has 1 fully saturated rings. The maximum atomic E-state index is 5.78. The lowest BCUT2D eigenvalue weighted by molar-refractivity contribution is 0.123. The van der Waals surface area contributed by atoms with Crippen LogP contribution in [-0.2, 0) is 0 Å². The summed E-state index contributed by atoms with van der Waals surface area (Å²) in [5.74, 6) is 0. The molecular formula is C12H28N4. The van der Waals surface area contributed by atoms with Crippen LogP contribution in [-0.4, -0.2) is 80.7 Å². The van der Waals surface area contributed by atoms with Gasteiger partial charge >= 0.3 is 0 Å². The first-order valence-electron chi connectivity index (χ1n) is 6.43. The molecular weight excluding hydrogens is 200 g/mol. The lowest BCUT2D eigenvalue weighted by Crippen LogP contribution is -2.48. The van der Waals surface area contributed by atoms with Crippen molar-refractivity contribution in [1.29, 1.82) is 0 Å². The Labute approximate surface area is 100 Å². The van der Waals surface area contributed by atoms with Crippen molar-refractivity contribution in [3.63, 3.8) is 0 Å². The first-order valence-corrected chi connectivity index (χ1v) is 6.43. The van der Waals surface area contributed by atoms with Crippen LogP contribution in [0.25, 0.3) is 0 Å². The number of rotatable bonds is 6. The maximum absolute atomic E-state index is 5.78. The Morgan fingerprint density at radius 3 is 2.00 bits per heavy atom. The van der Waals surface area contributed by atoms with Crippen LogP contribution in [0.4, 0.5) is 0 Å². The summed E-state index contributed by atoms with van der Waals surface area (Å²) in [6, 6.07) is 0.340. The molecule has 0 spiro atoms. The van der Waals surface area contributed by atoms with Gasteiger partial charge in [0.05, 0.1) is 0 Å². The second-order valence-electron chi connectivity index (χ2n) is 5.25. The van der Waals surface area contributed by atoms with Crippen LogP contribution in [0, 0.1) is 0 Å². The fourth-order valence-electron chi connectivity index (χ4n) is 1.96. The predicted molar refractivity (Wildman–Crippen MR) is 69.7 cm³/mol. The summed E-state index contributed by atoms with van der Waals surface area (Å²) in [5, 5.41) is 0. The molecule has 1 aliphatic rings. The van der Waals surface area contributed by atoms with E-state index in [0.29, 0.717) is 6.04 Å². The highest BCUT2D eigenvalue weighted by molar-refractivity contribution is 4.73. The SMILES string of the molecule is CC(N)CCN1CCN(CCN(C)C)CC1. The molecule has 4 nitrogen and oxygen atoms in total. The molecule has 1 heterocycles. The van der Waals surface area contributed by atoms with Crippen molar-refractivity contribution in [3.8, 4) is 0 Å². The Kier molecular flexibility index (Phi) is 6.28. The standard InChI is InChI=1S/C12H28N4/c1-12(13)4-5-15-8-10-16(11-9-15)7-6-14(2)3/h12H,4-11,13H2,1-3H3. The summed E-state index contributed by atoms with van der Waals surface area (Å²) >= 11 is 0. The molecule has 0 aromatic carbocycles. The molecule has 0 aromatic rings. The van der Waals surface area contributed by atoms with Crippen LogP contribution in [0.5, 0.6) is 0 Å². The molecule has 0 radical (unpaired) electrons. The number of piperazine rings is 1. The van der Waals surface area contributed by atoms with E-state index >= 15 is 0 Å². The van der Waals surface area contributed by atoms with Gasteiger partial charge in [-0.3, -0.25) is 4.90 Å². The van der Waals surface area contributed by atoms with Gasteiger partial charge in [0.15, 0.2) is 0 Å². The van der Waals surface area contributed by atoms with E-state index in [1.54, 1.807) is 0 Å². The zero-order chi connectivity index (χ0) is 12.0. The maximum Gasteiger partial charge on any atom is 0.0110 e. The number of hydrogen-bond acceptors (Lipinski definition) is 4. The van der Waals surface area contributed by atoms with Crippen molar-refractivity contribution >= 4 is 0 Å². The third-order valence-corrected chi connectivity index (χ3v) is 3.23. The summed E-state index contributed by atoms with van der Waals surface area (Å²) in [7, 11) is 4.28. The molecule has 96 valence electrons. The van der Waals surface area contributed by atoms with Crippen LogP contribution in [0.15, 0.2) is 0 Å². The third kappa shape index (κ3) is 5.80. The van der Waals surface area contributed by atoms with Gasteiger partial charge in [-0.1, -0.05) is 0 Å². The molecule has 1 saturated heterocycles. The zero-order valence-electron chi connectivity index (χ0n) is 11.2. The minimum Gasteiger partial charge on any atom is -0.328 e. The van der Waals surface area contributed by atoms with Crippen molar-refractivity contribution in [2.75, 3.05) is 59.9 Å². The fraction of sp³-hybridized carbons (Fsp3) is 1.00. The van der Waals surface area contributed by atoms with Crippen LogP contribution >= 0.6 is 0 Å². The van der Waals surface area contributed by atoms with Crippen molar-refractivity contribution < 1.29 is 0 Å². The van der Waals surface area contributed by atoms with Gasteiger partial charge in [0.1, 0.15) is 0 Å². The molecule has 4 heteroatoms. The minimum atomic E-state index is 0.340. The Bertz CT molecular complexity index is 154. The smallest absolute Gasteiger partial charge is 0.0110 e. The van der Waals surface area contributed by atoms with E-state index in [9.17, 15) is 0 Å². The van der Waals surface area contributed by atoms with Gasteiger partial charge in [0.2, 0.25) is 0 Å². The fourth-order valence-corrected chi connectivity index (χ4v) is 1.96. The molecule has 0 saturated carbocycles. The van der Waals surface area contributed by atoms with Gasteiger partial charge in [-0.2, -0.15) is 0 Å². The summed E-state index contributed by atoms with van der Waals surface area (Å²) in [6.45, 7) is 10.5. The van der Waals surface area contributed by atoms with Crippen molar-refractivity contribution in [1.82, 2.24) is 14.7 Å². The lowest BCUT2D eigenvalue weighted by atomic mass is 10.2. The average molecular weight is 228 g/mol. The highest BCUT2D eigenvalue weighted by atomic mass is 15.3. The van der Waals surface area contributed by atoms with E-state index in [4.69, 9.17) is 5.73 Å². The molecule has 0 aromatic heterocycles. The van der Waals surface area contributed by atoms with Gasteiger partial charge in [-0.25, -0.2) is 0 Å². The molecule has 1 unspecified atom stereocenters. The number of likely N-dealkylation sites (N-methyl/N-ethyl adjacent to an activating group) is 1. The Morgan fingerprint density at radius 1 is 1.06 bits per heavy atom. The largest absolute Gasteiger partial charge is 0.328 e. The van der Waals surface area contributed by atoms with Gasteiger partial charge in [0.25, 0.3) is 0 Å². The van der Waals surface area contributed by atoms with E-state index in [1.807, 2.05) is 0 Å². The summed E-state index contributed by atoms with van der Waals surface area (Å²) in [4.78, 5) is 7.35. The Morgan fingerprint density at radius 2 is 1.56 bits per heavy atom. The number of nitrogens with two attached hydrogens (primary N) is 1. The average Bonchev–Trinajstić information content (AvgIpc) is 2.25. The minimum absolute atomic E-state index is 0.340.